The van der Waals surface area contributed by atoms with E-state index in [1.54, 1.807) is 13.8 Å². The van der Waals surface area contributed by atoms with Crippen molar-refractivity contribution in [3.05, 3.63) is 11.4 Å². The minimum atomic E-state index is -3.56. The number of hydrogen-bond acceptors (Lipinski definition) is 5. The molecule has 1 aliphatic heterocycles. The molecule has 114 valence electrons. The van der Waals surface area contributed by atoms with E-state index in [1.165, 1.54) is 8.99 Å². The molecule has 0 aliphatic carbocycles. The van der Waals surface area contributed by atoms with E-state index in [4.69, 9.17) is 9.84 Å². The van der Waals surface area contributed by atoms with E-state index in [-0.39, 0.29) is 11.5 Å². The summed E-state index contributed by atoms with van der Waals surface area (Å²) in [7, 11) is -3.56. The Morgan fingerprint density at radius 1 is 1.30 bits per heavy atom. The van der Waals surface area contributed by atoms with Crippen molar-refractivity contribution in [1.82, 2.24) is 14.1 Å². The molecule has 1 N–H and O–H groups in total. The molecule has 1 saturated heterocycles. The van der Waals surface area contributed by atoms with E-state index in [1.807, 2.05) is 0 Å². The largest absolute Gasteiger partial charge is 0.394 e. The van der Waals surface area contributed by atoms with Crippen molar-refractivity contribution in [2.24, 2.45) is 0 Å². The number of hydrogen-bond donors (Lipinski definition) is 1. The first-order chi connectivity index (χ1) is 9.48. The minimum Gasteiger partial charge on any atom is -0.394 e. The van der Waals surface area contributed by atoms with Crippen molar-refractivity contribution in [2.45, 2.75) is 31.7 Å². The first kappa shape index (κ1) is 15.4. The molecular formula is C12H21N3O4S. The van der Waals surface area contributed by atoms with Gasteiger partial charge in [0.2, 0.25) is 10.0 Å². The number of rotatable bonds is 4. The summed E-state index contributed by atoms with van der Waals surface area (Å²) in [6.07, 6.45) is 0.697. The molecule has 0 amide bonds. The molecule has 0 atom stereocenters. The SMILES string of the molecule is Cc1nn(CCO)c(C)c1S(=O)(=O)N1CCCOCC1. The van der Waals surface area contributed by atoms with Gasteiger partial charge in [-0.1, -0.05) is 0 Å². The van der Waals surface area contributed by atoms with Crippen LogP contribution in [0.25, 0.3) is 0 Å². The summed E-state index contributed by atoms with van der Waals surface area (Å²) < 4.78 is 33.8. The normalized spacial score (nSPS) is 18.1. The van der Waals surface area contributed by atoms with Gasteiger partial charge in [0.1, 0.15) is 4.90 Å². The third kappa shape index (κ3) is 2.88. The molecule has 7 nitrogen and oxygen atoms in total. The summed E-state index contributed by atoms with van der Waals surface area (Å²) in [6, 6.07) is 0. The van der Waals surface area contributed by atoms with Gasteiger partial charge in [-0.2, -0.15) is 9.40 Å². The summed E-state index contributed by atoms with van der Waals surface area (Å²) in [5.41, 5.74) is 1.04. The fourth-order valence-electron chi connectivity index (χ4n) is 2.46. The number of sulfonamides is 1. The van der Waals surface area contributed by atoms with Crippen molar-refractivity contribution in [3.8, 4) is 0 Å². The smallest absolute Gasteiger partial charge is 0.246 e. The topological polar surface area (TPSA) is 84.7 Å². The Balaban J connectivity index is 2.38. The summed E-state index contributed by atoms with van der Waals surface area (Å²) in [5, 5.41) is 13.2. The minimum absolute atomic E-state index is 0.0704. The first-order valence-corrected chi connectivity index (χ1v) is 8.15. The summed E-state index contributed by atoms with van der Waals surface area (Å²) in [4.78, 5) is 0.257. The average molecular weight is 303 g/mol. The van der Waals surface area contributed by atoms with Crippen LogP contribution in [0.4, 0.5) is 0 Å². The highest BCUT2D eigenvalue weighted by molar-refractivity contribution is 7.89. The monoisotopic (exact) mass is 303 g/mol. The van der Waals surface area contributed by atoms with Gasteiger partial charge in [-0.05, 0) is 20.3 Å². The molecule has 1 aromatic rings. The van der Waals surface area contributed by atoms with Gasteiger partial charge >= 0.3 is 0 Å². The van der Waals surface area contributed by atoms with E-state index >= 15 is 0 Å². The van der Waals surface area contributed by atoms with Gasteiger partial charge < -0.3 is 9.84 Å². The van der Waals surface area contributed by atoms with Crippen LogP contribution in [0, 0.1) is 13.8 Å². The van der Waals surface area contributed by atoms with E-state index in [0.717, 1.165) is 0 Å². The summed E-state index contributed by atoms with van der Waals surface area (Å²) >= 11 is 0. The number of aryl methyl sites for hydroxylation is 1. The highest BCUT2D eigenvalue weighted by Crippen LogP contribution is 2.24. The third-order valence-corrected chi connectivity index (χ3v) is 5.56. The number of aliphatic hydroxyl groups excluding tert-OH is 1. The molecule has 0 unspecified atom stereocenters. The van der Waals surface area contributed by atoms with E-state index < -0.39 is 10.0 Å². The maximum atomic E-state index is 12.8. The fourth-order valence-corrected chi connectivity index (χ4v) is 4.29. The van der Waals surface area contributed by atoms with Crippen molar-refractivity contribution in [1.29, 1.82) is 0 Å². The van der Waals surface area contributed by atoms with Gasteiger partial charge in [-0.25, -0.2) is 8.42 Å². The molecule has 20 heavy (non-hydrogen) atoms. The second-order valence-electron chi connectivity index (χ2n) is 4.82. The lowest BCUT2D eigenvalue weighted by molar-refractivity contribution is 0.148. The molecule has 2 heterocycles. The predicted octanol–water partition coefficient (Wildman–Crippen LogP) is -0.0968. The van der Waals surface area contributed by atoms with Crippen LogP contribution in [0.5, 0.6) is 0 Å². The van der Waals surface area contributed by atoms with E-state index in [9.17, 15) is 8.42 Å². The highest BCUT2D eigenvalue weighted by atomic mass is 32.2. The molecule has 0 radical (unpaired) electrons. The lowest BCUT2D eigenvalue weighted by Gasteiger charge is -2.19. The van der Waals surface area contributed by atoms with Gasteiger partial charge in [0.15, 0.2) is 0 Å². The van der Waals surface area contributed by atoms with E-state index in [2.05, 4.69) is 5.10 Å². The quantitative estimate of drug-likeness (QED) is 0.840. The Morgan fingerprint density at radius 3 is 2.75 bits per heavy atom. The molecule has 0 aromatic carbocycles. The number of aliphatic hydroxyl groups is 1. The summed E-state index contributed by atoms with van der Waals surface area (Å²) in [5.74, 6) is 0. The Hall–Kier alpha value is -0.960. The fraction of sp³-hybridized carbons (Fsp3) is 0.750. The van der Waals surface area contributed by atoms with Crippen LogP contribution in [-0.2, 0) is 21.3 Å². The van der Waals surface area contributed by atoms with Gasteiger partial charge in [-0.3, -0.25) is 4.68 Å². The van der Waals surface area contributed by atoms with Gasteiger partial charge in [0, 0.05) is 19.7 Å². The number of aromatic nitrogens is 2. The van der Waals surface area contributed by atoms with Crippen LogP contribution in [-0.4, -0.2) is 60.5 Å². The zero-order valence-corrected chi connectivity index (χ0v) is 12.7. The van der Waals surface area contributed by atoms with Crippen molar-refractivity contribution >= 4 is 10.0 Å². The third-order valence-electron chi connectivity index (χ3n) is 3.41. The Bertz CT molecular complexity index is 560. The lowest BCUT2D eigenvalue weighted by atomic mass is 10.4. The molecule has 0 bridgehead atoms. The van der Waals surface area contributed by atoms with Crippen LogP contribution in [0.1, 0.15) is 17.8 Å². The van der Waals surface area contributed by atoms with Gasteiger partial charge in [0.25, 0.3) is 0 Å². The molecule has 1 fully saturated rings. The number of nitrogens with zero attached hydrogens (tertiary/aromatic N) is 3. The second kappa shape index (κ2) is 6.21. The molecule has 1 aromatic heterocycles. The number of ether oxygens (including phenoxy) is 1. The van der Waals surface area contributed by atoms with Gasteiger partial charge in [-0.15, -0.1) is 0 Å². The Labute approximate surface area is 119 Å². The first-order valence-electron chi connectivity index (χ1n) is 6.71. The van der Waals surface area contributed by atoms with Crippen LogP contribution >= 0.6 is 0 Å². The lowest BCUT2D eigenvalue weighted by Crippen LogP contribution is -2.33. The van der Waals surface area contributed by atoms with Crippen molar-refractivity contribution in [3.63, 3.8) is 0 Å². The standard InChI is InChI=1S/C12H21N3O4S/c1-10-12(11(2)15(13-10)5-7-16)20(17,18)14-4-3-8-19-9-6-14/h16H,3-9H2,1-2H3. The van der Waals surface area contributed by atoms with Crippen LogP contribution in [0.2, 0.25) is 0 Å². The van der Waals surface area contributed by atoms with Crippen molar-refractivity contribution in [2.75, 3.05) is 32.9 Å². The molecule has 8 heteroatoms. The van der Waals surface area contributed by atoms with Crippen LogP contribution in [0.3, 0.4) is 0 Å². The molecule has 0 saturated carbocycles. The molecular weight excluding hydrogens is 282 g/mol. The zero-order valence-electron chi connectivity index (χ0n) is 11.9. The van der Waals surface area contributed by atoms with Crippen LogP contribution < -0.4 is 0 Å². The highest BCUT2D eigenvalue weighted by Gasteiger charge is 2.31. The van der Waals surface area contributed by atoms with Gasteiger partial charge in [0.05, 0.1) is 31.1 Å². The average Bonchev–Trinajstić information content (AvgIpc) is 2.61. The second-order valence-corrected chi connectivity index (χ2v) is 6.69. The Morgan fingerprint density at radius 2 is 2.05 bits per heavy atom. The van der Waals surface area contributed by atoms with Crippen molar-refractivity contribution < 1.29 is 18.3 Å². The zero-order chi connectivity index (χ0) is 14.8. The van der Waals surface area contributed by atoms with E-state index in [0.29, 0.717) is 50.7 Å². The molecule has 1 aliphatic rings. The maximum Gasteiger partial charge on any atom is 0.246 e. The predicted molar refractivity (Wildman–Crippen MR) is 73.0 cm³/mol. The molecule has 2 rings (SSSR count). The maximum absolute atomic E-state index is 12.8. The Kier molecular flexibility index (Phi) is 4.79. The van der Waals surface area contributed by atoms with Crippen LogP contribution in [0.15, 0.2) is 4.90 Å². The summed E-state index contributed by atoms with van der Waals surface area (Å²) in [6.45, 7) is 5.47. The molecule has 0 spiro atoms.